The van der Waals surface area contributed by atoms with Crippen LogP contribution in [-0.2, 0) is 4.79 Å². The minimum absolute atomic E-state index is 0.0195. The number of hydrogen-bond donors (Lipinski definition) is 2. The molecule has 0 unspecified atom stereocenters. The number of aromatic nitrogens is 2. The number of anilines is 1. The Labute approximate surface area is 112 Å². The highest BCUT2D eigenvalue weighted by atomic mass is 16.1. The summed E-state index contributed by atoms with van der Waals surface area (Å²) in [6.07, 6.45) is 5.78. The van der Waals surface area contributed by atoms with Gasteiger partial charge in [0.15, 0.2) is 0 Å². The molecule has 0 fully saturated rings. The summed E-state index contributed by atoms with van der Waals surface area (Å²) in [7, 11) is 0. The van der Waals surface area contributed by atoms with Crippen molar-refractivity contribution in [2.24, 2.45) is 5.73 Å². The van der Waals surface area contributed by atoms with Crippen LogP contribution >= 0.6 is 0 Å². The number of hydrogen-bond acceptors (Lipinski definition) is 3. The molecule has 2 rings (SSSR count). The second kappa shape index (κ2) is 6.70. The molecular weight excluding hydrogens is 240 g/mol. The summed E-state index contributed by atoms with van der Waals surface area (Å²) in [6, 6.07) is 9.46. The summed E-state index contributed by atoms with van der Waals surface area (Å²) in [4.78, 5) is 11.7. The average molecular weight is 258 g/mol. The minimum Gasteiger partial charge on any atom is -0.330 e. The minimum atomic E-state index is 0.0195. The molecule has 3 N–H and O–H groups in total. The Kier molecular flexibility index (Phi) is 4.69. The predicted molar refractivity (Wildman–Crippen MR) is 75.1 cm³/mol. The lowest BCUT2D eigenvalue weighted by Gasteiger charge is -2.07. The Morgan fingerprint density at radius 2 is 2.21 bits per heavy atom. The van der Waals surface area contributed by atoms with Crippen molar-refractivity contribution in [1.29, 1.82) is 0 Å². The fourth-order valence-corrected chi connectivity index (χ4v) is 1.80. The zero-order chi connectivity index (χ0) is 13.5. The van der Waals surface area contributed by atoms with E-state index in [2.05, 4.69) is 10.4 Å². The standard InChI is InChI=1S/C14H18N4O/c15-8-2-1-7-14(19)17-12-5-3-6-13(11-12)18-10-4-9-16-18/h3-6,9-11H,1-2,7-8,15H2,(H,17,19). The van der Waals surface area contributed by atoms with Gasteiger partial charge in [-0.1, -0.05) is 6.07 Å². The largest absolute Gasteiger partial charge is 0.330 e. The first kappa shape index (κ1) is 13.3. The maximum Gasteiger partial charge on any atom is 0.224 e. The van der Waals surface area contributed by atoms with Crippen LogP contribution in [0.25, 0.3) is 5.69 Å². The van der Waals surface area contributed by atoms with Gasteiger partial charge in [0.05, 0.1) is 5.69 Å². The number of benzene rings is 1. The van der Waals surface area contributed by atoms with E-state index in [0.29, 0.717) is 13.0 Å². The molecule has 1 aromatic heterocycles. The zero-order valence-corrected chi connectivity index (χ0v) is 10.7. The van der Waals surface area contributed by atoms with Crippen LogP contribution in [-0.4, -0.2) is 22.2 Å². The van der Waals surface area contributed by atoms with Gasteiger partial charge in [-0.05, 0) is 43.7 Å². The van der Waals surface area contributed by atoms with Gasteiger partial charge in [-0.3, -0.25) is 4.79 Å². The second-order valence-corrected chi connectivity index (χ2v) is 4.29. The van der Waals surface area contributed by atoms with Gasteiger partial charge < -0.3 is 11.1 Å². The predicted octanol–water partition coefficient (Wildman–Crippen LogP) is 1.94. The zero-order valence-electron chi connectivity index (χ0n) is 10.7. The summed E-state index contributed by atoms with van der Waals surface area (Å²) in [5.74, 6) is 0.0195. The smallest absolute Gasteiger partial charge is 0.224 e. The maximum atomic E-state index is 11.7. The van der Waals surface area contributed by atoms with Gasteiger partial charge in [0.2, 0.25) is 5.91 Å². The maximum absolute atomic E-state index is 11.7. The highest BCUT2D eigenvalue weighted by Crippen LogP contribution is 2.14. The average Bonchev–Trinajstić information content (AvgIpc) is 2.93. The normalized spacial score (nSPS) is 10.4. The van der Waals surface area contributed by atoms with E-state index < -0.39 is 0 Å². The summed E-state index contributed by atoms with van der Waals surface area (Å²) >= 11 is 0. The van der Waals surface area contributed by atoms with Crippen molar-refractivity contribution in [1.82, 2.24) is 9.78 Å². The molecule has 0 atom stereocenters. The van der Waals surface area contributed by atoms with Crippen LogP contribution in [0.4, 0.5) is 5.69 Å². The summed E-state index contributed by atoms with van der Waals surface area (Å²) in [5.41, 5.74) is 7.10. The molecule has 0 aliphatic rings. The Balaban J connectivity index is 1.97. The van der Waals surface area contributed by atoms with E-state index in [1.807, 2.05) is 36.5 Å². The number of nitrogens with zero attached hydrogens (tertiary/aromatic N) is 2. The number of carbonyl (C=O) groups excluding carboxylic acids is 1. The quantitative estimate of drug-likeness (QED) is 0.778. The monoisotopic (exact) mass is 258 g/mol. The molecular formula is C14H18N4O. The molecule has 0 radical (unpaired) electrons. The van der Waals surface area contributed by atoms with E-state index >= 15 is 0 Å². The topological polar surface area (TPSA) is 72.9 Å². The molecule has 0 aliphatic carbocycles. The Bertz CT molecular complexity index is 522. The van der Waals surface area contributed by atoms with Crippen molar-refractivity contribution in [3.8, 4) is 5.69 Å². The summed E-state index contributed by atoms with van der Waals surface area (Å²) in [5, 5.41) is 7.04. The molecule has 0 saturated carbocycles. The first-order chi connectivity index (χ1) is 9.29. The van der Waals surface area contributed by atoms with Crippen LogP contribution in [0.15, 0.2) is 42.7 Å². The van der Waals surface area contributed by atoms with Gasteiger partial charge in [-0.25, -0.2) is 4.68 Å². The van der Waals surface area contributed by atoms with Gasteiger partial charge in [-0.2, -0.15) is 5.10 Å². The molecule has 5 nitrogen and oxygen atoms in total. The van der Waals surface area contributed by atoms with Crippen molar-refractivity contribution in [2.45, 2.75) is 19.3 Å². The lowest BCUT2D eigenvalue weighted by Crippen LogP contribution is -2.12. The van der Waals surface area contributed by atoms with Crippen molar-refractivity contribution in [2.75, 3.05) is 11.9 Å². The van der Waals surface area contributed by atoms with Gasteiger partial charge in [-0.15, -0.1) is 0 Å². The van der Waals surface area contributed by atoms with Crippen LogP contribution in [0.3, 0.4) is 0 Å². The van der Waals surface area contributed by atoms with Gasteiger partial charge >= 0.3 is 0 Å². The highest BCUT2D eigenvalue weighted by molar-refractivity contribution is 5.90. The molecule has 19 heavy (non-hydrogen) atoms. The fraction of sp³-hybridized carbons (Fsp3) is 0.286. The number of nitrogens with two attached hydrogens (primary N) is 1. The van der Waals surface area contributed by atoms with Gasteiger partial charge in [0, 0.05) is 24.5 Å². The number of unbranched alkanes of at least 4 members (excludes halogenated alkanes) is 1. The first-order valence-corrected chi connectivity index (χ1v) is 6.39. The molecule has 5 heteroatoms. The summed E-state index contributed by atoms with van der Waals surface area (Å²) in [6.45, 7) is 0.627. The molecule has 100 valence electrons. The third-order valence-electron chi connectivity index (χ3n) is 2.76. The van der Waals surface area contributed by atoms with E-state index in [0.717, 1.165) is 24.2 Å². The lowest BCUT2D eigenvalue weighted by atomic mass is 10.2. The van der Waals surface area contributed by atoms with Gasteiger partial charge in [0.1, 0.15) is 0 Å². The highest BCUT2D eigenvalue weighted by Gasteiger charge is 2.03. The van der Waals surface area contributed by atoms with E-state index in [1.54, 1.807) is 10.9 Å². The molecule has 1 heterocycles. The van der Waals surface area contributed by atoms with E-state index in [-0.39, 0.29) is 5.91 Å². The third-order valence-corrected chi connectivity index (χ3v) is 2.76. The van der Waals surface area contributed by atoms with Crippen LogP contribution in [0.5, 0.6) is 0 Å². The molecule has 1 amide bonds. The Hall–Kier alpha value is -2.14. The van der Waals surface area contributed by atoms with Crippen molar-refractivity contribution in [3.63, 3.8) is 0 Å². The van der Waals surface area contributed by atoms with Crippen molar-refractivity contribution in [3.05, 3.63) is 42.7 Å². The van der Waals surface area contributed by atoms with Crippen molar-refractivity contribution < 1.29 is 4.79 Å². The molecule has 0 saturated heterocycles. The Morgan fingerprint density at radius 3 is 2.95 bits per heavy atom. The SMILES string of the molecule is NCCCCC(=O)Nc1cccc(-n2cccn2)c1. The first-order valence-electron chi connectivity index (χ1n) is 6.39. The Morgan fingerprint density at radius 1 is 1.32 bits per heavy atom. The summed E-state index contributed by atoms with van der Waals surface area (Å²) < 4.78 is 1.75. The van der Waals surface area contributed by atoms with Crippen LogP contribution in [0.1, 0.15) is 19.3 Å². The van der Waals surface area contributed by atoms with E-state index in [9.17, 15) is 4.79 Å². The lowest BCUT2D eigenvalue weighted by molar-refractivity contribution is -0.116. The molecule has 0 aliphatic heterocycles. The van der Waals surface area contributed by atoms with Gasteiger partial charge in [0.25, 0.3) is 0 Å². The molecule has 1 aromatic carbocycles. The molecule has 2 aromatic rings. The van der Waals surface area contributed by atoms with E-state index in [4.69, 9.17) is 5.73 Å². The van der Waals surface area contributed by atoms with Crippen LogP contribution in [0.2, 0.25) is 0 Å². The number of carbonyl (C=O) groups is 1. The molecule has 0 spiro atoms. The number of nitrogens with one attached hydrogen (secondary N) is 1. The number of rotatable bonds is 6. The third kappa shape index (κ3) is 3.93. The van der Waals surface area contributed by atoms with Crippen molar-refractivity contribution >= 4 is 11.6 Å². The number of amides is 1. The van der Waals surface area contributed by atoms with Crippen LogP contribution < -0.4 is 11.1 Å². The van der Waals surface area contributed by atoms with E-state index in [1.165, 1.54) is 0 Å². The fourth-order valence-electron chi connectivity index (χ4n) is 1.80. The molecule has 0 bridgehead atoms. The van der Waals surface area contributed by atoms with Crippen LogP contribution in [0, 0.1) is 0 Å². The second-order valence-electron chi connectivity index (χ2n) is 4.29.